The molecule has 0 spiro atoms. The van der Waals surface area contributed by atoms with Crippen LogP contribution in [0.5, 0.6) is 0 Å². The lowest BCUT2D eigenvalue weighted by molar-refractivity contribution is 0.131. The molecule has 0 aliphatic heterocycles. The van der Waals surface area contributed by atoms with Gasteiger partial charge in [-0.15, -0.1) is 0 Å². The second kappa shape index (κ2) is 6.30. The van der Waals surface area contributed by atoms with Gasteiger partial charge in [0.2, 0.25) is 0 Å². The van der Waals surface area contributed by atoms with Crippen molar-refractivity contribution in [3.8, 4) is 0 Å². The maximum absolute atomic E-state index is 12.7. The van der Waals surface area contributed by atoms with Crippen LogP contribution in [0.2, 0.25) is 0 Å². The first-order valence-electron chi connectivity index (χ1n) is 6.84. The van der Waals surface area contributed by atoms with Crippen molar-refractivity contribution in [1.29, 1.82) is 0 Å². The number of nitrogens with one attached hydrogen (secondary N) is 2. The van der Waals surface area contributed by atoms with Crippen LogP contribution in [-0.4, -0.2) is 26.7 Å². The van der Waals surface area contributed by atoms with Crippen LogP contribution in [0.15, 0.2) is 24.3 Å². The largest absolute Gasteiger partial charge is 0.319 e. The first-order chi connectivity index (χ1) is 8.74. The Morgan fingerprint density at radius 2 is 1.89 bits per heavy atom. The summed E-state index contributed by atoms with van der Waals surface area (Å²) < 4.78 is 12.7. The van der Waals surface area contributed by atoms with Gasteiger partial charge < -0.3 is 10.6 Å². The van der Waals surface area contributed by atoms with Crippen LogP contribution in [0, 0.1) is 11.2 Å². The van der Waals surface area contributed by atoms with Gasteiger partial charge in [-0.25, -0.2) is 4.39 Å². The first kappa shape index (κ1) is 13.5. The SMILES string of the molecule is CNCC1(CNCCc2ccc(F)cc2)CCC1. The lowest BCUT2D eigenvalue weighted by Crippen LogP contribution is -2.46. The Kier molecular flexibility index (Phi) is 4.72. The minimum absolute atomic E-state index is 0.158. The van der Waals surface area contributed by atoms with Crippen molar-refractivity contribution in [2.75, 3.05) is 26.7 Å². The normalized spacial score (nSPS) is 17.4. The zero-order valence-electron chi connectivity index (χ0n) is 11.1. The minimum Gasteiger partial charge on any atom is -0.319 e. The Bertz CT molecular complexity index is 357. The summed E-state index contributed by atoms with van der Waals surface area (Å²) in [6.07, 6.45) is 4.99. The molecular formula is C15H23FN2. The molecule has 1 fully saturated rings. The van der Waals surface area contributed by atoms with Crippen LogP contribution < -0.4 is 10.6 Å². The molecule has 2 rings (SSSR count). The van der Waals surface area contributed by atoms with E-state index in [4.69, 9.17) is 0 Å². The summed E-state index contributed by atoms with van der Waals surface area (Å²) in [6, 6.07) is 6.79. The van der Waals surface area contributed by atoms with E-state index in [1.54, 1.807) is 0 Å². The van der Waals surface area contributed by atoms with E-state index in [1.807, 2.05) is 19.2 Å². The van der Waals surface area contributed by atoms with Crippen molar-refractivity contribution in [2.24, 2.45) is 5.41 Å². The quantitative estimate of drug-likeness (QED) is 0.726. The minimum atomic E-state index is -0.158. The average molecular weight is 250 g/mol. The van der Waals surface area contributed by atoms with Crippen LogP contribution in [0.4, 0.5) is 4.39 Å². The second-order valence-electron chi connectivity index (χ2n) is 5.44. The smallest absolute Gasteiger partial charge is 0.123 e. The standard InChI is InChI=1S/C15H23FN2/c1-17-11-15(8-2-9-15)12-18-10-7-13-3-5-14(16)6-4-13/h3-6,17-18H,2,7-12H2,1H3. The molecule has 18 heavy (non-hydrogen) atoms. The van der Waals surface area contributed by atoms with E-state index in [0.717, 1.165) is 26.1 Å². The van der Waals surface area contributed by atoms with Crippen LogP contribution in [0.1, 0.15) is 24.8 Å². The predicted octanol–water partition coefficient (Wildman–Crippen LogP) is 2.35. The van der Waals surface area contributed by atoms with Crippen LogP contribution >= 0.6 is 0 Å². The molecule has 1 aromatic carbocycles. The van der Waals surface area contributed by atoms with Gasteiger partial charge in [0.05, 0.1) is 0 Å². The fraction of sp³-hybridized carbons (Fsp3) is 0.600. The molecule has 0 amide bonds. The Morgan fingerprint density at radius 1 is 1.17 bits per heavy atom. The summed E-state index contributed by atoms with van der Waals surface area (Å²) in [4.78, 5) is 0. The van der Waals surface area contributed by atoms with Crippen molar-refractivity contribution >= 4 is 0 Å². The van der Waals surface area contributed by atoms with E-state index in [-0.39, 0.29) is 5.82 Å². The molecular weight excluding hydrogens is 227 g/mol. The van der Waals surface area contributed by atoms with Crippen molar-refractivity contribution in [2.45, 2.75) is 25.7 Å². The van der Waals surface area contributed by atoms with Gasteiger partial charge in [0.25, 0.3) is 0 Å². The molecule has 100 valence electrons. The van der Waals surface area contributed by atoms with Gasteiger partial charge in [0.15, 0.2) is 0 Å². The fourth-order valence-corrected chi connectivity index (χ4v) is 2.71. The number of benzene rings is 1. The molecule has 0 heterocycles. The van der Waals surface area contributed by atoms with Crippen molar-refractivity contribution in [3.05, 3.63) is 35.6 Å². The molecule has 1 saturated carbocycles. The Balaban J connectivity index is 1.68. The third-order valence-corrected chi connectivity index (χ3v) is 3.97. The lowest BCUT2D eigenvalue weighted by Gasteiger charge is -2.42. The summed E-state index contributed by atoms with van der Waals surface area (Å²) in [6.45, 7) is 3.17. The van der Waals surface area contributed by atoms with Gasteiger partial charge in [-0.05, 0) is 56.0 Å². The van der Waals surface area contributed by atoms with Crippen molar-refractivity contribution < 1.29 is 4.39 Å². The van der Waals surface area contributed by atoms with E-state index >= 15 is 0 Å². The fourth-order valence-electron chi connectivity index (χ4n) is 2.71. The molecule has 1 aliphatic carbocycles. The number of rotatable bonds is 7. The maximum atomic E-state index is 12.7. The van der Waals surface area contributed by atoms with Gasteiger partial charge in [-0.3, -0.25) is 0 Å². The van der Waals surface area contributed by atoms with Crippen molar-refractivity contribution in [3.63, 3.8) is 0 Å². The first-order valence-corrected chi connectivity index (χ1v) is 6.84. The Hall–Kier alpha value is -0.930. The van der Waals surface area contributed by atoms with Crippen LogP contribution in [-0.2, 0) is 6.42 Å². The van der Waals surface area contributed by atoms with Gasteiger partial charge in [-0.1, -0.05) is 18.6 Å². The highest BCUT2D eigenvalue weighted by Gasteiger charge is 2.35. The summed E-state index contributed by atoms with van der Waals surface area (Å²) >= 11 is 0. The highest BCUT2D eigenvalue weighted by Crippen LogP contribution is 2.39. The van der Waals surface area contributed by atoms with Gasteiger partial charge in [0.1, 0.15) is 5.82 Å². The second-order valence-corrected chi connectivity index (χ2v) is 5.44. The molecule has 0 unspecified atom stereocenters. The molecule has 3 heteroatoms. The third kappa shape index (κ3) is 3.53. The summed E-state index contributed by atoms with van der Waals surface area (Å²) in [7, 11) is 2.03. The molecule has 0 atom stereocenters. The maximum Gasteiger partial charge on any atom is 0.123 e. The molecule has 1 aliphatic rings. The topological polar surface area (TPSA) is 24.1 Å². The monoisotopic (exact) mass is 250 g/mol. The number of hydrogen-bond donors (Lipinski definition) is 2. The molecule has 0 saturated heterocycles. The summed E-state index contributed by atoms with van der Waals surface area (Å²) in [5, 5.41) is 6.84. The Labute approximate surface area is 109 Å². The van der Waals surface area contributed by atoms with Crippen LogP contribution in [0.3, 0.4) is 0 Å². The molecule has 0 radical (unpaired) electrons. The highest BCUT2D eigenvalue weighted by molar-refractivity contribution is 5.16. The number of halogens is 1. The predicted molar refractivity (Wildman–Crippen MR) is 73.2 cm³/mol. The molecule has 1 aromatic rings. The molecule has 2 N–H and O–H groups in total. The van der Waals surface area contributed by atoms with Crippen molar-refractivity contribution in [1.82, 2.24) is 10.6 Å². The van der Waals surface area contributed by atoms with Gasteiger partial charge in [0, 0.05) is 13.1 Å². The third-order valence-electron chi connectivity index (χ3n) is 3.97. The van der Waals surface area contributed by atoms with Gasteiger partial charge >= 0.3 is 0 Å². The van der Waals surface area contributed by atoms with Gasteiger partial charge in [-0.2, -0.15) is 0 Å². The summed E-state index contributed by atoms with van der Waals surface area (Å²) in [5.74, 6) is -0.158. The zero-order chi connectivity index (χ0) is 12.8. The Morgan fingerprint density at radius 3 is 2.44 bits per heavy atom. The van der Waals surface area contributed by atoms with Crippen LogP contribution in [0.25, 0.3) is 0 Å². The molecule has 0 aromatic heterocycles. The van der Waals surface area contributed by atoms with E-state index in [0.29, 0.717) is 5.41 Å². The molecule has 2 nitrogen and oxygen atoms in total. The number of hydrogen-bond acceptors (Lipinski definition) is 2. The average Bonchev–Trinajstić information content (AvgIpc) is 2.33. The van der Waals surface area contributed by atoms with E-state index in [1.165, 1.54) is 37.0 Å². The highest BCUT2D eigenvalue weighted by atomic mass is 19.1. The zero-order valence-corrected chi connectivity index (χ0v) is 11.1. The summed E-state index contributed by atoms with van der Waals surface area (Å²) in [5.41, 5.74) is 1.68. The van der Waals surface area contributed by atoms with E-state index in [2.05, 4.69) is 10.6 Å². The molecule has 0 bridgehead atoms. The van der Waals surface area contributed by atoms with E-state index in [9.17, 15) is 4.39 Å². The lowest BCUT2D eigenvalue weighted by atomic mass is 9.68. The van der Waals surface area contributed by atoms with E-state index < -0.39 is 0 Å².